The Kier molecular flexibility index (Phi) is 2.79. The van der Waals surface area contributed by atoms with E-state index in [1.54, 1.807) is 16.8 Å². The first-order valence-corrected chi connectivity index (χ1v) is 5.04. The highest BCUT2D eigenvalue weighted by molar-refractivity contribution is 6.31. The molecule has 0 aromatic carbocycles. The fourth-order valence-electron chi connectivity index (χ4n) is 1.48. The van der Waals surface area contributed by atoms with Crippen molar-refractivity contribution in [3.63, 3.8) is 0 Å². The molecule has 80 valence electrons. The summed E-state index contributed by atoms with van der Waals surface area (Å²) in [6, 6.07) is 3.42. The van der Waals surface area contributed by atoms with E-state index < -0.39 is 6.10 Å². The van der Waals surface area contributed by atoms with Gasteiger partial charge in [-0.15, -0.1) is 0 Å². The third-order valence-corrected chi connectivity index (χ3v) is 2.50. The maximum atomic E-state index is 10.0. The summed E-state index contributed by atoms with van der Waals surface area (Å²) in [6.07, 6.45) is 2.17. The zero-order valence-electron chi connectivity index (χ0n) is 8.22. The summed E-state index contributed by atoms with van der Waals surface area (Å²) in [5.41, 5.74) is 0.564. The second kappa shape index (κ2) is 4.08. The standard InChI is InChI=1S/C10H11ClN2O2/c1-2-13-9(7(11)6-12-13)10(14)8-4-3-5-15-8/h3-6,10,14H,2H2,1H3. The van der Waals surface area contributed by atoms with E-state index in [0.29, 0.717) is 23.0 Å². The van der Waals surface area contributed by atoms with Crippen molar-refractivity contribution in [3.05, 3.63) is 41.1 Å². The van der Waals surface area contributed by atoms with Crippen molar-refractivity contribution >= 4 is 11.6 Å². The van der Waals surface area contributed by atoms with Gasteiger partial charge in [-0.2, -0.15) is 5.10 Å². The van der Waals surface area contributed by atoms with E-state index in [9.17, 15) is 5.11 Å². The first-order chi connectivity index (χ1) is 7.24. The second-order valence-electron chi connectivity index (χ2n) is 3.11. The van der Waals surface area contributed by atoms with E-state index in [4.69, 9.17) is 16.0 Å². The predicted octanol–water partition coefficient (Wildman–Crippen LogP) is 2.23. The number of aryl methyl sites for hydroxylation is 1. The van der Waals surface area contributed by atoms with Gasteiger partial charge in [0.2, 0.25) is 0 Å². The fraction of sp³-hybridized carbons (Fsp3) is 0.300. The summed E-state index contributed by atoms with van der Waals surface area (Å²) in [4.78, 5) is 0. The van der Waals surface area contributed by atoms with E-state index >= 15 is 0 Å². The summed E-state index contributed by atoms with van der Waals surface area (Å²) < 4.78 is 6.77. The molecule has 15 heavy (non-hydrogen) atoms. The van der Waals surface area contributed by atoms with Crippen LogP contribution in [0.5, 0.6) is 0 Å². The van der Waals surface area contributed by atoms with Crippen LogP contribution >= 0.6 is 11.6 Å². The molecule has 0 amide bonds. The van der Waals surface area contributed by atoms with Crippen molar-refractivity contribution in [2.45, 2.75) is 19.6 Å². The van der Waals surface area contributed by atoms with Crippen molar-refractivity contribution in [2.24, 2.45) is 0 Å². The molecule has 5 heteroatoms. The molecule has 2 heterocycles. The summed E-state index contributed by atoms with van der Waals surface area (Å²) in [5.74, 6) is 0.465. The van der Waals surface area contributed by atoms with E-state index in [1.807, 2.05) is 6.92 Å². The molecule has 0 aliphatic heterocycles. The van der Waals surface area contributed by atoms with Crippen molar-refractivity contribution in [1.29, 1.82) is 0 Å². The number of hydrogen-bond acceptors (Lipinski definition) is 3. The number of nitrogens with zero attached hydrogens (tertiary/aromatic N) is 2. The molecule has 4 nitrogen and oxygen atoms in total. The lowest BCUT2D eigenvalue weighted by molar-refractivity contribution is 0.178. The smallest absolute Gasteiger partial charge is 0.155 e. The van der Waals surface area contributed by atoms with Crippen LogP contribution in [-0.2, 0) is 6.54 Å². The van der Waals surface area contributed by atoms with Crippen LogP contribution in [0.1, 0.15) is 24.5 Å². The number of rotatable bonds is 3. The van der Waals surface area contributed by atoms with Crippen LogP contribution in [0.15, 0.2) is 29.0 Å². The van der Waals surface area contributed by atoms with Gasteiger partial charge in [-0.1, -0.05) is 11.6 Å². The van der Waals surface area contributed by atoms with Crippen LogP contribution in [0, 0.1) is 0 Å². The highest BCUT2D eigenvalue weighted by Crippen LogP contribution is 2.28. The lowest BCUT2D eigenvalue weighted by Crippen LogP contribution is -2.08. The van der Waals surface area contributed by atoms with E-state index in [2.05, 4.69) is 5.10 Å². The number of aromatic nitrogens is 2. The van der Waals surface area contributed by atoms with Gasteiger partial charge in [0.1, 0.15) is 5.76 Å². The Morgan fingerprint density at radius 1 is 1.67 bits per heavy atom. The Balaban J connectivity index is 2.40. The first kappa shape index (κ1) is 10.3. The number of furan rings is 1. The van der Waals surface area contributed by atoms with Gasteiger partial charge in [-0.25, -0.2) is 0 Å². The molecular weight excluding hydrogens is 216 g/mol. The molecule has 1 unspecified atom stereocenters. The van der Waals surface area contributed by atoms with Crippen LogP contribution in [-0.4, -0.2) is 14.9 Å². The molecule has 1 atom stereocenters. The molecule has 2 rings (SSSR count). The minimum absolute atomic E-state index is 0.445. The van der Waals surface area contributed by atoms with E-state index in [-0.39, 0.29) is 0 Å². The Hall–Kier alpha value is -1.26. The maximum absolute atomic E-state index is 10.0. The summed E-state index contributed by atoms with van der Waals surface area (Å²) in [7, 11) is 0. The minimum Gasteiger partial charge on any atom is -0.466 e. The van der Waals surface area contributed by atoms with Gasteiger partial charge in [-0.3, -0.25) is 4.68 Å². The van der Waals surface area contributed by atoms with Gasteiger partial charge >= 0.3 is 0 Å². The summed E-state index contributed by atoms with van der Waals surface area (Å²) in [5, 5.41) is 14.5. The molecule has 0 radical (unpaired) electrons. The quantitative estimate of drug-likeness (QED) is 0.873. The molecule has 0 saturated heterocycles. The molecule has 1 N–H and O–H groups in total. The maximum Gasteiger partial charge on any atom is 0.155 e. The van der Waals surface area contributed by atoms with Crippen LogP contribution in [0.4, 0.5) is 0 Å². The average Bonchev–Trinajstić information content (AvgIpc) is 2.85. The van der Waals surface area contributed by atoms with Crippen LogP contribution in [0.25, 0.3) is 0 Å². The van der Waals surface area contributed by atoms with Gasteiger partial charge in [0.05, 0.1) is 23.2 Å². The van der Waals surface area contributed by atoms with Crippen molar-refractivity contribution in [2.75, 3.05) is 0 Å². The fourth-order valence-corrected chi connectivity index (χ4v) is 1.72. The molecule has 2 aromatic rings. The molecule has 0 bridgehead atoms. The average molecular weight is 227 g/mol. The van der Waals surface area contributed by atoms with Crippen LogP contribution in [0.2, 0.25) is 5.02 Å². The molecule has 0 spiro atoms. The van der Waals surface area contributed by atoms with Gasteiger partial charge in [0.15, 0.2) is 6.10 Å². The number of halogens is 1. The third-order valence-electron chi connectivity index (χ3n) is 2.20. The van der Waals surface area contributed by atoms with Gasteiger partial charge < -0.3 is 9.52 Å². The van der Waals surface area contributed by atoms with Gasteiger partial charge in [-0.05, 0) is 19.1 Å². The van der Waals surface area contributed by atoms with Crippen LogP contribution in [0.3, 0.4) is 0 Å². The Morgan fingerprint density at radius 3 is 3.07 bits per heavy atom. The van der Waals surface area contributed by atoms with E-state index in [1.165, 1.54) is 12.5 Å². The zero-order chi connectivity index (χ0) is 10.8. The lowest BCUT2D eigenvalue weighted by Gasteiger charge is -2.10. The monoisotopic (exact) mass is 226 g/mol. The van der Waals surface area contributed by atoms with E-state index in [0.717, 1.165) is 0 Å². The van der Waals surface area contributed by atoms with Crippen molar-refractivity contribution in [3.8, 4) is 0 Å². The van der Waals surface area contributed by atoms with Crippen molar-refractivity contribution in [1.82, 2.24) is 9.78 Å². The molecule has 0 saturated carbocycles. The lowest BCUT2D eigenvalue weighted by atomic mass is 10.2. The van der Waals surface area contributed by atoms with Crippen molar-refractivity contribution < 1.29 is 9.52 Å². The summed E-state index contributed by atoms with van der Waals surface area (Å²) >= 11 is 5.95. The highest BCUT2D eigenvalue weighted by atomic mass is 35.5. The minimum atomic E-state index is -0.866. The number of hydrogen-bond donors (Lipinski definition) is 1. The highest BCUT2D eigenvalue weighted by Gasteiger charge is 2.21. The third kappa shape index (κ3) is 1.78. The number of aliphatic hydroxyl groups excluding tert-OH is 1. The molecule has 2 aromatic heterocycles. The molecular formula is C10H11ClN2O2. The van der Waals surface area contributed by atoms with Gasteiger partial charge in [0.25, 0.3) is 0 Å². The predicted molar refractivity (Wildman–Crippen MR) is 55.7 cm³/mol. The Labute approximate surface area is 92.1 Å². The second-order valence-corrected chi connectivity index (χ2v) is 3.52. The Morgan fingerprint density at radius 2 is 2.47 bits per heavy atom. The zero-order valence-corrected chi connectivity index (χ0v) is 8.98. The van der Waals surface area contributed by atoms with Crippen LogP contribution < -0.4 is 0 Å². The number of aliphatic hydroxyl groups is 1. The SMILES string of the molecule is CCn1ncc(Cl)c1C(O)c1ccco1. The topological polar surface area (TPSA) is 51.2 Å². The Bertz CT molecular complexity index is 436. The normalized spacial score (nSPS) is 13.0. The molecule has 0 aliphatic carbocycles. The first-order valence-electron chi connectivity index (χ1n) is 4.66. The molecule has 0 fully saturated rings. The largest absolute Gasteiger partial charge is 0.466 e. The summed E-state index contributed by atoms with van der Waals surface area (Å²) in [6.45, 7) is 2.58. The molecule has 0 aliphatic rings. The van der Waals surface area contributed by atoms with Gasteiger partial charge in [0, 0.05) is 6.54 Å².